The number of aromatic nitrogens is 3. The minimum absolute atomic E-state index is 0.225. The van der Waals surface area contributed by atoms with E-state index in [0.29, 0.717) is 22.7 Å². The number of fused-ring (bicyclic) bond motifs is 1. The maximum atomic E-state index is 12.8. The summed E-state index contributed by atoms with van der Waals surface area (Å²) in [6.07, 6.45) is -0.704. The van der Waals surface area contributed by atoms with E-state index in [1.54, 1.807) is 25.1 Å². The van der Waals surface area contributed by atoms with Crippen molar-refractivity contribution in [2.45, 2.75) is 13.0 Å². The Hall–Kier alpha value is -4.26. The molecule has 5 aromatic rings. The van der Waals surface area contributed by atoms with Gasteiger partial charge in [0.15, 0.2) is 11.9 Å². The van der Waals surface area contributed by atoms with Gasteiger partial charge in [0.1, 0.15) is 5.52 Å². The zero-order valence-corrected chi connectivity index (χ0v) is 16.6. The SMILES string of the molecule is CC(OC(=O)c1ccc2noc(-c3ccccc3)c2c1)c1nnc(-c2ccccc2)o1. The molecule has 0 N–H and O–H groups in total. The summed E-state index contributed by atoms with van der Waals surface area (Å²) in [4.78, 5) is 12.8. The van der Waals surface area contributed by atoms with E-state index in [2.05, 4.69) is 15.4 Å². The third-order valence-electron chi connectivity index (χ3n) is 4.84. The first-order chi connectivity index (χ1) is 15.2. The molecule has 152 valence electrons. The van der Waals surface area contributed by atoms with Gasteiger partial charge in [0.05, 0.1) is 10.9 Å². The molecule has 31 heavy (non-hydrogen) atoms. The molecule has 7 heteroatoms. The molecule has 0 saturated heterocycles. The van der Waals surface area contributed by atoms with Gasteiger partial charge in [-0.05, 0) is 37.3 Å². The third kappa shape index (κ3) is 3.69. The minimum atomic E-state index is -0.704. The van der Waals surface area contributed by atoms with E-state index in [0.717, 1.165) is 16.5 Å². The summed E-state index contributed by atoms with van der Waals surface area (Å²) in [7, 11) is 0. The highest BCUT2D eigenvalue weighted by molar-refractivity contribution is 5.98. The fourth-order valence-corrected chi connectivity index (χ4v) is 3.24. The van der Waals surface area contributed by atoms with Crippen molar-refractivity contribution in [2.75, 3.05) is 0 Å². The summed E-state index contributed by atoms with van der Waals surface area (Å²) in [5.74, 6) is 0.692. The van der Waals surface area contributed by atoms with Gasteiger partial charge in [-0.1, -0.05) is 53.7 Å². The van der Waals surface area contributed by atoms with Crippen LogP contribution in [0.15, 0.2) is 87.8 Å². The number of hydrogen-bond donors (Lipinski definition) is 0. The van der Waals surface area contributed by atoms with Crippen LogP contribution in [0.3, 0.4) is 0 Å². The van der Waals surface area contributed by atoms with Gasteiger partial charge < -0.3 is 13.7 Å². The highest BCUT2D eigenvalue weighted by Crippen LogP contribution is 2.30. The van der Waals surface area contributed by atoms with E-state index < -0.39 is 12.1 Å². The zero-order chi connectivity index (χ0) is 21.2. The van der Waals surface area contributed by atoms with Gasteiger partial charge in [0.2, 0.25) is 5.89 Å². The average Bonchev–Trinajstić information content (AvgIpc) is 3.47. The smallest absolute Gasteiger partial charge is 0.338 e. The van der Waals surface area contributed by atoms with Crippen LogP contribution in [0.1, 0.15) is 29.3 Å². The van der Waals surface area contributed by atoms with Gasteiger partial charge in [-0.25, -0.2) is 4.79 Å². The van der Waals surface area contributed by atoms with Gasteiger partial charge in [0, 0.05) is 11.1 Å². The molecule has 0 saturated carbocycles. The van der Waals surface area contributed by atoms with E-state index >= 15 is 0 Å². The molecule has 3 aromatic carbocycles. The zero-order valence-electron chi connectivity index (χ0n) is 16.6. The van der Waals surface area contributed by atoms with E-state index in [9.17, 15) is 4.79 Å². The number of nitrogens with zero attached hydrogens (tertiary/aromatic N) is 3. The van der Waals surface area contributed by atoms with Gasteiger partial charge in [-0.2, -0.15) is 0 Å². The molecule has 1 atom stereocenters. The van der Waals surface area contributed by atoms with Crippen LogP contribution in [0.25, 0.3) is 33.7 Å². The molecule has 0 spiro atoms. The molecule has 0 bridgehead atoms. The van der Waals surface area contributed by atoms with Crippen LogP contribution in [-0.4, -0.2) is 21.3 Å². The van der Waals surface area contributed by atoms with E-state index in [-0.39, 0.29) is 5.89 Å². The monoisotopic (exact) mass is 411 g/mol. The van der Waals surface area contributed by atoms with Crippen molar-refractivity contribution in [1.29, 1.82) is 0 Å². The number of hydrogen-bond acceptors (Lipinski definition) is 7. The fraction of sp³-hybridized carbons (Fsp3) is 0.0833. The maximum Gasteiger partial charge on any atom is 0.338 e. The average molecular weight is 411 g/mol. The molecule has 0 fully saturated rings. The van der Waals surface area contributed by atoms with E-state index in [1.807, 2.05) is 60.7 Å². The predicted octanol–water partition coefficient (Wildman–Crippen LogP) is 5.46. The largest absolute Gasteiger partial charge is 0.449 e. The normalized spacial score (nSPS) is 12.0. The Balaban J connectivity index is 1.37. The van der Waals surface area contributed by atoms with Crippen molar-refractivity contribution in [3.8, 4) is 22.8 Å². The van der Waals surface area contributed by atoms with Gasteiger partial charge in [-0.3, -0.25) is 0 Å². The van der Waals surface area contributed by atoms with Crippen LogP contribution in [0.2, 0.25) is 0 Å². The number of carbonyl (C=O) groups excluding carboxylic acids is 1. The Morgan fingerprint density at radius 1 is 0.903 bits per heavy atom. The Kier molecular flexibility index (Phi) is 4.76. The Morgan fingerprint density at radius 2 is 1.61 bits per heavy atom. The van der Waals surface area contributed by atoms with Crippen molar-refractivity contribution in [1.82, 2.24) is 15.4 Å². The molecule has 7 nitrogen and oxygen atoms in total. The molecular formula is C24H17N3O4. The molecular weight excluding hydrogens is 394 g/mol. The second-order valence-corrected chi connectivity index (χ2v) is 6.97. The predicted molar refractivity (Wildman–Crippen MR) is 113 cm³/mol. The fourth-order valence-electron chi connectivity index (χ4n) is 3.24. The summed E-state index contributed by atoms with van der Waals surface area (Å²) >= 11 is 0. The molecule has 0 aliphatic heterocycles. The van der Waals surface area contributed by atoms with Crippen molar-refractivity contribution >= 4 is 16.9 Å². The molecule has 0 amide bonds. The number of rotatable bonds is 5. The summed E-state index contributed by atoms with van der Waals surface area (Å²) in [6, 6.07) is 24.1. The first-order valence-corrected chi connectivity index (χ1v) is 9.74. The van der Waals surface area contributed by atoms with Crippen molar-refractivity contribution < 1.29 is 18.5 Å². The first-order valence-electron chi connectivity index (χ1n) is 9.74. The maximum absolute atomic E-state index is 12.8. The number of ether oxygens (including phenoxy) is 1. The van der Waals surface area contributed by atoms with E-state index in [4.69, 9.17) is 13.7 Å². The lowest BCUT2D eigenvalue weighted by atomic mass is 10.1. The van der Waals surface area contributed by atoms with Crippen LogP contribution < -0.4 is 0 Å². The standard InChI is InChI=1S/C24H17N3O4/c1-15(22-25-26-23(30-22)17-10-6-3-7-11-17)29-24(28)18-12-13-20-19(14-18)21(31-27-20)16-8-4-2-5-9-16/h2-15H,1H3. The Bertz CT molecular complexity index is 1340. The summed E-state index contributed by atoms with van der Waals surface area (Å²) in [6.45, 7) is 1.69. The van der Waals surface area contributed by atoms with Crippen molar-refractivity contribution in [3.63, 3.8) is 0 Å². The van der Waals surface area contributed by atoms with Crippen molar-refractivity contribution in [2.24, 2.45) is 0 Å². The lowest BCUT2D eigenvalue weighted by molar-refractivity contribution is 0.0280. The quantitative estimate of drug-likeness (QED) is 0.355. The molecule has 0 radical (unpaired) electrons. The second kappa shape index (κ2) is 7.87. The summed E-state index contributed by atoms with van der Waals surface area (Å²) in [5, 5.41) is 12.9. The molecule has 0 aliphatic carbocycles. The highest BCUT2D eigenvalue weighted by atomic mass is 16.6. The van der Waals surface area contributed by atoms with E-state index in [1.165, 1.54) is 0 Å². The molecule has 2 heterocycles. The number of esters is 1. The van der Waals surface area contributed by atoms with Gasteiger partial charge >= 0.3 is 5.97 Å². The van der Waals surface area contributed by atoms with Crippen LogP contribution in [0, 0.1) is 0 Å². The topological polar surface area (TPSA) is 91.2 Å². The summed E-state index contributed by atoms with van der Waals surface area (Å²) in [5.41, 5.74) is 2.71. The highest BCUT2D eigenvalue weighted by Gasteiger charge is 2.21. The third-order valence-corrected chi connectivity index (χ3v) is 4.84. The Labute approximate surface area is 177 Å². The number of benzene rings is 3. The lowest BCUT2D eigenvalue weighted by Gasteiger charge is -2.09. The summed E-state index contributed by atoms with van der Waals surface area (Å²) < 4.78 is 16.7. The molecule has 0 aliphatic rings. The van der Waals surface area contributed by atoms with Crippen LogP contribution in [0.4, 0.5) is 0 Å². The van der Waals surface area contributed by atoms with Crippen LogP contribution >= 0.6 is 0 Å². The lowest BCUT2D eigenvalue weighted by Crippen LogP contribution is -2.09. The second-order valence-electron chi connectivity index (χ2n) is 6.97. The van der Waals surface area contributed by atoms with Gasteiger partial charge in [0.25, 0.3) is 5.89 Å². The van der Waals surface area contributed by atoms with Crippen LogP contribution in [0.5, 0.6) is 0 Å². The number of carbonyl (C=O) groups is 1. The minimum Gasteiger partial charge on any atom is -0.449 e. The van der Waals surface area contributed by atoms with Gasteiger partial charge in [-0.15, -0.1) is 10.2 Å². The molecule has 2 aromatic heterocycles. The Morgan fingerprint density at radius 3 is 2.35 bits per heavy atom. The first kappa shape index (κ1) is 18.7. The van der Waals surface area contributed by atoms with Crippen molar-refractivity contribution in [3.05, 3.63) is 90.3 Å². The van der Waals surface area contributed by atoms with Crippen LogP contribution in [-0.2, 0) is 4.74 Å². The molecule has 1 unspecified atom stereocenters. The molecule has 5 rings (SSSR count).